The van der Waals surface area contributed by atoms with Crippen molar-refractivity contribution < 1.29 is 9.59 Å². The van der Waals surface area contributed by atoms with Crippen LogP contribution in [-0.2, 0) is 16.1 Å². The van der Waals surface area contributed by atoms with E-state index in [0.717, 1.165) is 24.3 Å². The van der Waals surface area contributed by atoms with Crippen LogP contribution < -0.4 is 16.0 Å². The topological polar surface area (TPSA) is 70.2 Å². The van der Waals surface area contributed by atoms with Gasteiger partial charge in [-0.15, -0.1) is 12.4 Å². The van der Waals surface area contributed by atoms with Crippen molar-refractivity contribution in [2.24, 2.45) is 11.8 Å². The van der Waals surface area contributed by atoms with Gasteiger partial charge in [0, 0.05) is 31.2 Å². The van der Waals surface area contributed by atoms with E-state index >= 15 is 0 Å². The largest absolute Gasteiger partial charge is 0.352 e. The third-order valence-electron chi connectivity index (χ3n) is 3.36. The van der Waals surface area contributed by atoms with Gasteiger partial charge in [0.1, 0.15) is 0 Å². The Bertz CT molecular complexity index is 484. The Hall–Kier alpha value is -1.59. The van der Waals surface area contributed by atoms with Crippen LogP contribution in [0.3, 0.4) is 0 Å². The number of amides is 2. The second kappa shape index (κ2) is 8.00. The highest BCUT2D eigenvalue weighted by molar-refractivity contribution is 5.92. The molecule has 0 saturated carbocycles. The van der Waals surface area contributed by atoms with Gasteiger partial charge in [0.2, 0.25) is 11.8 Å². The fourth-order valence-electron chi connectivity index (χ4n) is 1.80. The van der Waals surface area contributed by atoms with Gasteiger partial charge in [0.05, 0.1) is 5.92 Å². The monoisotopic (exact) mass is 311 g/mol. The summed E-state index contributed by atoms with van der Waals surface area (Å²) in [5, 5.41) is 8.82. The second-order valence-electron chi connectivity index (χ2n) is 5.41. The van der Waals surface area contributed by atoms with Gasteiger partial charge in [-0.3, -0.25) is 9.59 Å². The number of halogens is 1. The van der Waals surface area contributed by atoms with Crippen LogP contribution in [0.1, 0.15) is 19.4 Å². The van der Waals surface area contributed by atoms with Crippen LogP contribution in [0.2, 0.25) is 0 Å². The molecular formula is C15H22ClN3O2. The van der Waals surface area contributed by atoms with Crippen molar-refractivity contribution in [3.8, 4) is 0 Å². The third kappa shape index (κ3) is 5.02. The fourth-order valence-corrected chi connectivity index (χ4v) is 1.80. The minimum atomic E-state index is -0.0370. The van der Waals surface area contributed by atoms with E-state index in [2.05, 4.69) is 16.0 Å². The minimum absolute atomic E-state index is 0. The molecule has 2 rings (SSSR count). The lowest BCUT2D eigenvalue weighted by molar-refractivity contribution is -0.126. The van der Waals surface area contributed by atoms with E-state index in [9.17, 15) is 9.59 Å². The van der Waals surface area contributed by atoms with E-state index in [1.54, 1.807) is 0 Å². The Morgan fingerprint density at radius 3 is 2.33 bits per heavy atom. The van der Waals surface area contributed by atoms with Gasteiger partial charge in [-0.1, -0.05) is 26.0 Å². The molecule has 1 aliphatic heterocycles. The van der Waals surface area contributed by atoms with Crippen LogP contribution >= 0.6 is 12.4 Å². The summed E-state index contributed by atoms with van der Waals surface area (Å²) < 4.78 is 0. The van der Waals surface area contributed by atoms with Crippen LogP contribution in [0.25, 0.3) is 0 Å². The molecule has 6 heteroatoms. The molecule has 1 aromatic carbocycles. The summed E-state index contributed by atoms with van der Waals surface area (Å²) in [7, 11) is 0. The molecule has 116 valence electrons. The fraction of sp³-hybridized carbons (Fsp3) is 0.467. The lowest BCUT2D eigenvalue weighted by atomic mass is 10.0. The van der Waals surface area contributed by atoms with Crippen molar-refractivity contribution in [2.75, 3.05) is 18.4 Å². The number of hydrogen-bond acceptors (Lipinski definition) is 3. The molecule has 0 unspecified atom stereocenters. The Morgan fingerprint density at radius 2 is 1.86 bits per heavy atom. The summed E-state index contributed by atoms with van der Waals surface area (Å²) in [6, 6.07) is 7.53. The summed E-state index contributed by atoms with van der Waals surface area (Å²) >= 11 is 0. The zero-order valence-corrected chi connectivity index (χ0v) is 13.1. The molecule has 0 aliphatic carbocycles. The number of nitrogens with one attached hydrogen (secondary N) is 3. The van der Waals surface area contributed by atoms with Crippen molar-refractivity contribution in [1.29, 1.82) is 0 Å². The lowest BCUT2D eigenvalue weighted by Crippen LogP contribution is -2.50. The standard InChI is InChI=1S/C15H21N3O2.ClH/c1-10(2)14(19)18-13-5-3-11(4-6-13)7-17-15(20)12-8-16-9-12;/h3-6,10,12,16H,7-9H2,1-2H3,(H,17,20)(H,18,19);1H. The second-order valence-corrected chi connectivity index (χ2v) is 5.41. The first-order valence-corrected chi connectivity index (χ1v) is 6.94. The van der Waals surface area contributed by atoms with Gasteiger partial charge in [-0.05, 0) is 17.7 Å². The van der Waals surface area contributed by atoms with Crippen LogP contribution in [-0.4, -0.2) is 24.9 Å². The van der Waals surface area contributed by atoms with Gasteiger partial charge in [-0.25, -0.2) is 0 Å². The van der Waals surface area contributed by atoms with Crippen molar-refractivity contribution in [3.05, 3.63) is 29.8 Å². The molecular weight excluding hydrogens is 290 g/mol. The van der Waals surface area contributed by atoms with E-state index < -0.39 is 0 Å². The molecule has 1 aliphatic rings. The highest BCUT2D eigenvalue weighted by Gasteiger charge is 2.24. The predicted octanol–water partition coefficient (Wildman–Crippen LogP) is 1.54. The van der Waals surface area contributed by atoms with Gasteiger partial charge < -0.3 is 16.0 Å². The average Bonchev–Trinajstić information content (AvgIpc) is 2.35. The normalized spacial score (nSPS) is 14.0. The van der Waals surface area contributed by atoms with Crippen LogP contribution in [0.5, 0.6) is 0 Å². The maximum Gasteiger partial charge on any atom is 0.226 e. The van der Waals surface area contributed by atoms with E-state index in [4.69, 9.17) is 0 Å². The maximum absolute atomic E-state index is 11.7. The predicted molar refractivity (Wildman–Crippen MR) is 85.4 cm³/mol. The molecule has 2 amide bonds. The Kier molecular flexibility index (Phi) is 6.65. The first-order valence-electron chi connectivity index (χ1n) is 6.94. The molecule has 0 spiro atoms. The molecule has 1 saturated heterocycles. The highest BCUT2D eigenvalue weighted by Crippen LogP contribution is 2.11. The molecule has 0 atom stereocenters. The zero-order chi connectivity index (χ0) is 14.5. The van der Waals surface area contributed by atoms with E-state index in [1.807, 2.05) is 38.1 Å². The van der Waals surface area contributed by atoms with Crippen LogP contribution in [0, 0.1) is 11.8 Å². The smallest absolute Gasteiger partial charge is 0.226 e. The Morgan fingerprint density at radius 1 is 1.24 bits per heavy atom. The quantitative estimate of drug-likeness (QED) is 0.772. The van der Waals surface area contributed by atoms with E-state index in [0.29, 0.717) is 6.54 Å². The summed E-state index contributed by atoms with van der Waals surface area (Å²) in [6.07, 6.45) is 0. The molecule has 0 aromatic heterocycles. The van der Waals surface area contributed by atoms with Gasteiger partial charge in [-0.2, -0.15) is 0 Å². The third-order valence-corrected chi connectivity index (χ3v) is 3.36. The number of benzene rings is 1. The number of anilines is 1. The Balaban J connectivity index is 0.00000220. The van der Waals surface area contributed by atoms with Crippen molar-refractivity contribution in [1.82, 2.24) is 10.6 Å². The number of rotatable bonds is 5. The van der Waals surface area contributed by atoms with Crippen LogP contribution in [0.15, 0.2) is 24.3 Å². The molecule has 1 fully saturated rings. The van der Waals surface area contributed by atoms with Crippen molar-refractivity contribution in [2.45, 2.75) is 20.4 Å². The maximum atomic E-state index is 11.7. The van der Waals surface area contributed by atoms with Crippen molar-refractivity contribution in [3.63, 3.8) is 0 Å². The zero-order valence-electron chi connectivity index (χ0n) is 12.3. The lowest BCUT2D eigenvalue weighted by Gasteiger charge is -2.25. The van der Waals surface area contributed by atoms with Gasteiger partial charge in [0.25, 0.3) is 0 Å². The SMILES string of the molecule is CC(C)C(=O)Nc1ccc(CNC(=O)C2CNC2)cc1.Cl. The molecule has 1 heterocycles. The van der Waals surface area contributed by atoms with Crippen molar-refractivity contribution >= 4 is 29.9 Å². The summed E-state index contributed by atoms with van der Waals surface area (Å²) in [6.45, 7) is 5.77. The summed E-state index contributed by atoms with van der Waals surface area (Å²) in [5.41, 5.74) is 1.80. The average molecular weight is 312 g/mol. The van der Waals surface area contributed by atoms with Gasteiger partial charge in [0.15, 0.2) is 0 Å². The Labute approximate surface area is 131 Å². The molecule has 3 N–H and O–H groups in total. The highest BCUT2D eigenvalue weighted by atomic mass is 35.5. The number of carbonyl (C=O) groups excluding carboxylic acids is 2. The number of carbonyl (C=O) groups is 2. The van der Waals surface area contributed by atoms with E-state index in [1.165, 1.54) is 0 Å². The first-order chi connectivity index (χ1) is 9.56. The molecule has 21 heavy (non-hydrogen) atoms. The van der Waals surface area contributed by atoms with E-state index in [-0.39, 0.29) is 36.1 Å². The first kappa shape index (κ1) is 17.5. The van der Waals surface area contributed by atoms with Gasteiger partial charge >= 0.3 is 0 Å². The minimum Gasteiger partial charge on any atom is -0.352 e. The summed E-state index contributed by atoms with van der Waals surface area (Å²) in [5.74, 6) is 0.175. The molecule has 0 radical (unpaired) electrons. The molecule has 5 nitrogen and oxygen atoms in total. The number of hydrogen-bond donors (Lipinski definition) is 3. The summed E-state index contributed by atoms with van der Waals surface area (Å²) in [4.78, 5) is 23.2. The molecule has 0 bridgehead atoms. The molecule has 1 aromatic rings. The van der Waals surface area contributed by atoms with Crippen LogP contribution in [0.4, 0.5) is 5.69 Å².